The zero-order valence-corrected chi connectivity index (χ0v) is 19.4. The maximum Gasteiger partial charge on any atom is 0.277 e. The van der Waals surface area contributed by atoms with E-state index >= 15 is 0 Å². The molecule has 3 aromatic heterocycles. The Labute approximate surface area is 196 Å². The van der Waals surface area contributed by atoms with Crippen LogP contribution in [0.5, 0.6) is 0 Å². The Balaban J connectivity index is 1.62. The molecule has 0 radical (unpaired) electrons. The van der Waals surface area contributed by atoms with Crippen LogP contribution in [0.25, 0.3) is 22.2 Å². The molecular formula is C23H30N9O2+. The zero-order valence-electron chi connectivity index (χ0n) is 19.4. The molecular weight excluding hydrogens is 434 g/mol. The summed E-state index contributed by atoms with van der Waals surface area (Å²) >= 11 is 0. The predicted molar refractivity (Wildman–Crippen MR) is 129 cm³/mol. The van der Waals surface area contributed by atoms with E-state index in [2.05, 4.69) is 34.7 Å². The smallest absolute Gasteiger partial charge is 0.277 e. The molecule has 1 aromatic carbocycles. The summed E-state index contributed by atoms with van der Waals surface area (Å²) in [6.07, 6.45) is 2.42. The highest BCUT2D eigenvalue weighted by Gasteiger charge is 2.25. The van der Waals surface area contributed by atoms with Crippen molar-refractivity contribution in [3.05, 3.63) is 47.5 Å². The van der Waals surface area contributed by atoms with Gasteiger partial charge in [0.25, 0.3) is 17.6 Å². The van der Waals surface area contributed by atoms with Gasteiger partial charge in [0.05, 0.1) is 13.1 Å². The van der Waals surface area contributed by atoms with Crippen molar-refractivity contribution < 1.29 is 14.2 Å². The molecule has 11 heteroatoms. The van der Waals surface area contributed by atoms with Crippen LogP contribution in [0.15, 0.2) is 30.5 Å². The van der Waals surface area contributed by atoms with Crippen LogP contribution in [0.4, 0.5) is 5.82 Å². The number of fused-ring (bicyclic) bond motifs is 2. The van der Waals surface area contributed by atoms with E-state index in [9.17, 15) is 9.59 Å². The van der Waals surface area contributed by atoms with Crippen molar-refractivity contribution in [1.82, 2.24) is 30.2 Å². The number of amides is 2. The third kappa shape index (κ3) is 4.29. The highest BCUT2D eigenvalue weighted by molar-refractivity contribution is 5.98. The van der Waals surface area contributed by atoms with Crippen LogP contribution in [-0.2, 0) is 19.6 Å². The molecule has 0 spiro atoms. The number of aromatic amines is 1. The second-order valence-electron chi connectivity index (χ2n) is 7.86. The number of carbonyl (C=O) groups excluding carboxylic acids is 2. The maximum atomic E-state index is 12.9. The van der Waals surface area contributed by atoms with Crippen molar-refractivity contribution in [2.45, 2.75) is 39.9 Å². The summed E-state index contributed by atoms with van der Waals surface area (Å²) in [4.78, 5) is 36.9. The van der Waals surface area contributed by atoms with Crippen LogP contribution in [0.1, 0.15) is 46.9 Å². The Kier molecular flexibility index (Phi) is 6.73. The van der Waals surface area contributed by atoms with E-state index in [4.69, 9.17) is 11.5 Å². The summed E-state index contributed by atoms with van der Waals surface area (Å²) in [5.74, 6) is 0.440. The minimum Gasteiger partial charge on any atom is -0.382 e. The molecule has 0 aliphatic rings. The third-order valence-electron chi connectivity index (χ3n) is 5.77. The molecule has 178 valence electrons. The van der Waals surface area contributed by atoms with Crippen LogP contribution in [-0.4, -0.2) is 44.4 Å². The Morgan fingerprint density at radius 1 is 1.15 bits per heavy atom. The molecule has 0 saturated heterocycles. The minimum absolute atomic E-state index is 0.0668. The van der Waals surface area contributed by atoms with Gasteiger partial charge in [0.2, 0.25) is 0 Å². The lowest BCUT2D eigenvalue weighted by Gasteiger charge is -2.07. The summed E-state index contributed by atoms with van der Waals surface area (Å²) in [5, 5.41) is 5.82. The van der Waals surface area contributed by atoms with Crippen molar-refractivity contribution in [3.8, 4) is 0 Å². The number of rotatable bonds is 9. The number of aromatic nitrogens is 5. The highest BCUT2D eigenvalue weighted by Crippen LogP contribution is 2.18. The summed E-state index contributed by atoms with van der Waals surface area (Å²) in [5.41, 5.74) is 15.2. The van der Waals surface area contributed by atoms with Gasteiger partial charge < -0.3 is 27.1 Å². The Hall–Kier alpha value is -3.99. The second-order valence-corrected chi connectivity index (χ2v) is 7.86. The first-order valence-corrected chi connectivity index (χ1v) is 11.4. The number of nitrogens with one attached hydrogen (secondary N) is 3. The molecule has 0 unspecified atom stereocenters. The molecule has 7 N–H and O–H groups in total. The number of nitrogens with two attached hydrogens (primary N) is 2. The Morgan fingerprint density at radius 2 is 1.97 bits per heavy atom. The van der Waals surface area contributed by atoms with Gasteiger partial charge in [-0.1, -0.05) is 0 Å². The van der Waals surface area contributed by atoms with Crippen LogP contribution < -0.4 is 26.7 Å². The summed E-state index contributed by atoms with van der Waals surface area (Å²) < 4.78 is 4.22. The number of anilines is 1. The van der Waals surface area contributed by atoms with Crippen molar-refractivity contribution >= 4 is 39.8 Å². The van der Waals surface area contributed by atoms with E-state index in [1.165, 1.54) is 0 Å². The van der Waals surface area contributed by atoms with E-state index in [-0.39, 0.29) is 24.0 Å². The molecule has 0 atom stereocenters. The number of imidazole rings is 1. The molecule has 0 saturated carbocycles. The quantitative estimate of drug-likeness (QED) is 0.182. The number of hydrogen-bond acceptors (Lipinski definition) is 6. The van der Waals surface area contributed by atoms with Crippen molar-refractivity contribution in [1.29, 1.82) is 0 Å². The lowest BCUT2D eigenvalue weighted by Crippen LogP contribution is -2.40. The molecule has 11 nitrogen and oxygen atoms in total. The van der Waals surface area contributed by atoms with Crippen molar-refractivity contribution in [2.24, 2.45) is 5.73 Å². The number of benzene rings is 1. The summed E-state index contributed by atoms with van der Waals surface area (Å²) in [6.45, 7) is 6.77. The van der Waals surface area contributed by atoms with Crippen LogP contribution >= 0.6 is 0 Å². The van der Waals surface area contributed by atoms with E-state index in [0.29, 0.717) is 42.9 Å². The molecule has 4 rings (SSSR count). The highest BCUT2D eigenvalue weighted by atomic mass is 16.2. The first-order chi connectivity index (χ1) is 16.5. The topological polar surface area (TPSA) is 161 Å². The van der Waals surface area contributed by atoms with E-state index in [1.807, 2.05) is 32.0 Å². The predicted octanol–water partition coefficient (Wildman–Crippen LogP) is 0.831. The van der Waals surface area contributed by atoms with Gasteiger partial charge in [0, 0.05) is 24.4 Å². The second kappa shape index (κ2) is 9.87. The molecule has 0 aliphatic carbocycles. The molecule has 34 heavy (non-hydrogen) atoms. The monoisotopic (exact) mass is 464 g/mol. The maximum absolute atomic E-state index is 12.9. The average Bonchev–Trinajstić information content (AvgIpc) is 3.42. The average molecular weight is 465 g/mol. The van der Waals surface area contributed by atoms with Crippen molar-refractivity contribution in [3.63, 3.8) is 0 Å². The van der Waals surface area contributed by atoms with Crippen molar-refractivity contribution in [2.75, 3.05) is 18.8 Å². The zero-order chi connectivity index (χ0) is 24.2. The van der Waals surface area contributed by atoms with Gasteiger partial charge in [-0.25, -0.2) is 19.1 Å². The van der Waals surface area contributed by atoms with E-state index in [0.717, 1.165) is 23.3 Å². The van der Waals surface area contributed by atoms with Gasteiger partial charge in [-0.05, 0) is 45.0 Å². The first-order valence-electron chi connectivity index (χ1n) is 11.4. The van der Waals surface area contributed by atoms with Crippen LogP contribution in [0, 0.1) is 0 Å². The molecule has 3 heterocycles. The largest absolute Gasteiger partial charge is 0.382 e. The van der Waals surface area contributed by atoms with E-state index < -0.39 is 5.91 Å². The van der Waals surface area contributed by atoms with Crippen LogP contribution in [0.2, 0.25) is 0 Å². The standard InChI is InChI=1S/C23H29N9O2/c1-3-31-16-7-6-14(22(33)27-10-5-9-24)12-17(16)32(4-2)18(31)13-28-23(34)19-20(25)30-21-15(29-19)8-11-26-21/h6-8,11-12H,3-5,9-10,13,24H2,1-2H3,(H4-,25,26,27,28,29,30,33,34)/p+1. The number of H-pyrrole nitrogens is 1. The van der Waals surface area contributed by atoms with Crippen LogP contribution in [0.3, 0.4) is 0 Å². The Bertz CT molecular complexity index is 1360. The summed E-state index contributed by atoms with van der Waals surface area (Å²) in [6, 6.07) is 7.38. The number of carbonyl (C=O) groups is 2. The number of hydrogen-bond donors (Lipinski definition) is 5. The Morgan fingerprint density at radius 3 is 2.71 bits per heavy atom. The van der Waals surface area contributed by atoms with Gasteiger partial charge in [0.1, 0.15) is 12.1 Å². The van der Waals surface area contributed by atoms with E-state index in [1.54, 1.807) is 12.3 Å². The SMILES string of the molecule is CCn1c(CNC(=O)c2nc3cc[nH]c3nc2N)[n+](CC)c2ccc(C(=O)NCCCN)cc21. The fourth-order valence-corrected chi connectivity index (χ4v) is 4.13. The minimum atomic E-state index is -0.399. The molecule has 4 aromatic rings. The molecule has 0 fully saturated rings. The first kappa shape index (κ1) is 23.2. The van der Waals surface area contributed by atoms with Gasteiger partial charge >= 0.3 is 0 Å². The van der Waals surface area contributed by atoms with Gasteiger partial charge in [-0.15, -0.1) is 0 Å². The van der Waals surface area contributed by atoms with Gasteiger partial charge in [0.15, 0.2) is 28.2 Å². The van der Waals surface area contributed by atoms with Gasteiger partial charge in [-0.2, -0.15) is 0 Å². The fraction of sp³-hybridized carbons (Fsp3) is 0.348. The third-order valence-corrected chi connectivity index (χ3v) is 5.77. The summed E-state index contributed by atoms with van der Waals surface area (Å²) in [7, 11) is 0. The number of nitrogen functional groups attached to an aromatic ring is 1. The lowest BCUT2D eigenvalue weighted by atomic mass is 10.2. The number of aryl methyl sites for hydroxylation is 2. The fourth-order valence-electron chi connectivity index (χ4n) is 4.13. The lowest BCUT2D eigenvalue weighted by molar-refractivity contribution is -0.676. The molecule has 0 aliphatic heterocycles. The molecule has 2 amide bonds. The van der Waals surface area contributed by atoms with Gasteiger partial charge in [-0.3, -0.25) is 9.59 Å². The normalized spacial score (nSPS) is 11.3. The molecule has 0 bridgehead atoms. The number of nitrogens with zero attached hydrogens (tertiary/aromatic N) is 4.